The van der Waals surface area contributed by atoms with Crippen LogP contribution in [-0.4, -0.2) is 30.6 Å². The van der Waals surface area contributed by atoms with Crippen molar-refractivity contribution in [2.45, 2.75) is 77.7 Å². The smallest absolute Gasteiger partial charge is 0.0329 e. The zero-order valence-corrected chi connectivity index (χ0v) is 13.8. The summed E-state index contributed by atoms with van der Waals surface area (Å²) < 4.78 is 0. The van der Waals surface area contributed by atoms with Crippen LogP contribution >= 0.6 is 0 Å². The zero-order chi connectivity index (χ0) is 14.3. The van der Waals surface area contributed by atoms with Crippen molar-refractivity contribution in [2.75, 3.05) is 20.1 Å². The number of hydrogen-bond donors (Lipinski definition) is 1. The SMILES string of the molecule is CCCCC(CC)CN(C)C1(CN)CCC(C)CC1. The summed E-state index contributed by atoms with van der Waals surface area (Å²) in [7, 11) is 2.32. The van der Waals surface area contributed by atoms with Gasteiger partial charge < -0.3 is 5.73 Å². The van der Waals surface area contributed by atoms with Gasteiger partial charge in [-0.3, -0.25) is 4.90 Å². The Labute approximate surface area is 121 Å². The summed E-state index contributed by atoms with van der Waals surface area (Å²) in [6.07, 6.45) is 10.7. The van der Waals surface area contributed by atoms with Gasteiger partial charge in [0.15, 0.2) is 0 Å². The van der Waals surface area contributed by atoms with Crippen LogP contribution in [0.5, 0.6) is 0 Å². The molecule has 19 heavy (non-hydrogen) atoms. The molecule has 0 heterocycles. The van der Waals surface area contributed by atoms with Crippen LogP contribution < -0.4 is 5.73 Å². The maximum absolute atomic E-state index is 6.16. The van der Waals surface area contributed by atoms with E-state index in [1.807, 2.05) is 0 Å². The van der Waals surface area contributed by atoms with Gasteiger partial charge in [0, 0.05) is 18.6 Å². The fraction of sp³-hybridized carbons (Fsp3) is 1.00. The molecule has 1 saturated carbocycles. The van der Waals surface area contributed by atoms with Crippen LogP contribution in [-0.2, 0) is 0 Å². The first-order valence-electron chi connectivity index (χ1n) is 8.49. The van der Waals surface area contributed by atoms with E-state index >= 15 is 0 Å². The maximum Gasteiger partial charge on any atom is 0.0329 e. The third-order valence-corrected chi connectivity index (χ3v) is 5.47. The van der Waals surface area contributed by atoms with E-state index in [-0.39, 0.29) is 0 Å². The fourth-order valence-corrected chi connectivity index (χ4v) is 3.54. The molecule has 0 aromatic heterocycles. The fourth-order valence-electron chi connectivity index (χ4n) is 3.54. The van der Waals surface area contributed by atoms with Crippen molar-refractivity contribution >= 4 is 0 Å². The average molecular weight is 268 g/mol. The molecule has 2 nitrogen and oxygen atoms in total. The minimum absolute atomic E-state index is 0.298. The molecule has 114 valence electrons. The first kappa shape index (κ1) is 17.0. The van der Waals surface area contributed by atoms with Gasteiger partial charge in [-0.25, -0.2) is 0 Å². The lowest BCUT2D eigenvalue weighted by Gasteiger charge is -2.46. The number of nitrogens with two attached hydrogens (primary N) is 1. The van der Waals surface area contributed by atoms with Crippen molar-refractivity contribution in [3.8, 4) is 0 Å². The van der Waals surface area contributed by atoms with E-state index in [9.17, 15) is 0 Å². The molecular formula is C17H36N2. The van der Waals surface area contributed by atoms with Gasteiger partial charge in [0.25, 0.3) is 0 Å². The van der Waals surface area contributed by atoms with E-state index in [2.05, 4.69) is 32.7 Å². The second kappa shape index (κ2) is 8.26. The van der Waals surface area contributed by atoms with Crippen LogP contribution in [0.1, 0.15) is 72.1 Å². The van der Waals surface area contributed by atoms with Crippen molar-refractivity contribution in [3.05, 3.63) is 0 Å². The van der Waals surface area contributed by atoms with Gasteiger partial charge >= 0.3 is 0 Å². The van der Waals surface area contributed by atoms with Crippen LogP contribution in [0.3, 0.4) is 0 Å². The number of likely N-dealkylation sites (N-methyl/N-ethyl adjacent to an activating group) is 1. The topological polar surface area (TPSA) is 29.3 Å². The van der Waals surface area contributed by atoms with Crippen molar-refractivity contribution in [1.82, 2.24) is 4.90 Å². The Bertz CT molecular complexity index is 231. The van der Waals surface area contributed by atoms with Gasteiger partial charge in [0.2, 0.25) is 0 Å². The molecule has 2 heteroatoms. The highest BCUT2D eigenvalue weighted by atomic mass is 15.2. The number of rotatable bonds is 8. The second-order valence-electron chi connectivity index (χ2n) is 6.91. The third kappa shape index (κ3) is 4.75. The molecule has 0 aliphatic heterocycles. The lowest BCUT2D eigenvalue weighted by atomic mass is 9.75. The molecule has 1 atom stereocenters. The van der Waals surface area contributed by atoms with Gasteiger partial charge in [-0.15, -0.1) is 0 Å². The van der Waals surface area contributed by atoms with Crippen LogP contribution in [0, 0.1) is 11.8 Å². The average Bonchev–Trinajstić information content (AvgIpc) is 2.44. The van der Waals surface area contributed by atoms with Crippen molar-refractivity contribution in [1.29, 1.82) is 0 Å². The van der Waals surface area contributed by atoms with Crippen molar-refractivity contribution < 1.29 is 0 Å². The van der Waals surface area contributed by atoms with Crippen LogP contribution in [0.15, 0.2) is 0 Å². The monoisotopic (exact) mass is 268 g/mol. The standard InChI is InChI=1S/C17H36N2/c1-5-7-8-16(6-2)13-19(4)17(14-18)11-9-15(3)10-12-17/h15-16H,5-14,18H2,1-4H3. The predicted octanol–water partition coefficient (Wildman–Crippen LogP) is 4.04. The molecule has 0 bridgehead atoms. The lowest BCUT2D eigenvalue weighted by molar-refractivity contribution is 0.0525. The normalized spacial score (nSPS) is 29.7. The quantitative estimate of drug-likeness (QED) is 0.720. The summed E-state index contributed by atoms with van der Waals surface area (Å²) in [6.45, 7) is 9.09. The molecule has 0 spiro atoms. The molecular weight excluding hydrogens is 232 g/mol. The van der Waals surface area contributed by atoms with Gasteiger partial charge in [-0.05, 0) is 51.0 Å². The number of nitrogens with zero attached hydrogens (tertiary/aromatic N) is 1. The molecule has 1 unspecified atom stereocenters. The Morgan fingerprint density at radius 1 is 1.26 bits per heavy atom. The highest BCUT2D eigenvalue weighted by Crippen LogP contribution is 2.35. The third-order valence-electron chi connectivity index (χ3n) is 5.47. The van der Waals surface area contributed by atoms with Gasteiger partial charge in [0.1, 0.15) is 0 Å². The van der Waals surface area contributed by atoms with Crippen molar-refractivity contribution in [3.63, 3.8) is 0 Å². The molecule has 0 aromatic rings. The molecule has 1 rings (SSSR count). The van der Waals surface area contributed by atoms with E-state index in [0.717, 1.165) is 18.4 Å². The van der Waals surface area contributed by atoms with Crippen LogP contribution in [0.25, 0.3) is 0 Å². The Morgan fingerprint density at radius 2 is 1.89 bits per heavy atom. The molecule has 1 aliphatic carbocycles. The first-order chi connectivity index (χ1) is 9.07. The Kier molecular flexibility index (Phi) is 7.38. The molecule has 0 aromatic carbocycles. The molecule has 0 saturated heterocycles. The van der Waals surface area contributed by atoms with E-state index in [1.165, 1.54) is 57.9 Å². The number of hydrogen-bond acceptors (Lipinski definition) is 2. The Morgan fingerprint density at radius 3 is 2.37 bits per heavy atom. The first-order valence-corrected chi connectivity index (χ1v) is 8.49. The Hall–Kier alpha value is -0.0800. The van der Waals surface area contributed by atoms with Crippen LogP contribution in [0.4, 0.5) is 0 Å². The van der Waals surface area contributed by atoms with Gasteiger partial charge in [-0.1, -0.05) is 40.0 Å². The van der Waals surface area contributed by atoms with E-state index in [0.29, 0.717) is 5.54 Å². The van der Waals surface area contributed by atoms with Gasteiger partial charge in [-0.2, -0.15) is 0 Å². The molecule has 2 N–H and O–H groups in total. The molecule has 0 radical (unpaired) electrons. The summed E-state index contributed by atoms with van der Waals surface area (Å²) in [5.41, 5.74) is 6.46. The highest BCUT2D eigenvalue weighted by molar-refractivity contribution is 4.94. The van der Waals surface area contributed by atoms with Crippen molar-refractivity contribution in [2.24, 2.45) is 17.6 Å². The summed E-state index contributed by atoms with van der Waals surface area (Å²) >= 11 is 0. The largest absolute Gasteiger partial charge is 0.329 e. The number of unbranched alkanes of at least 4 members (excludes halogenated alkanes) is 1. The molecule has 1 aliphatic rings. The van der Waals surface area contributed by atoms with E-state index in [4.69, 9.17) is 5.73 Å². The predicted molar refractivity (Wildman–Crippen MR) is 85.4 cm³/mol. The summed E-state index contributed by atoms with van der Waals surface area (Å²) in [5, 5.41) is 0. The van der Waals surface area contributed by atoms with Crippen LogP contribution in [0.2, 0.25) is 0 Å². The molecule has 1 fully saturated rings. The highest BCUT2D eigenvalue weighted by Gasteiger charge is 2.36. The zero-order valence-electron chi connectivity index (χ0n) is 13.8. The van der Waals surface area contributed by atoms with E-state index < -0.39 is 0 Å². The minimum Gasteiger partial charge on any atom is -0.329 e. The molecule has 0 amide bonds. The van der Waals surface area contributed by atoms with E-state index in [1.54, 1.807) is 0 Å². The Balaban J connectivity index is 2.54. The summed E-state index contributed by atoms with van der Waals surface area (Å²) in [4.78, 5) is 2.61. The second-order valence-corrected chi connectivity index (χ2v) is 6.91. The lowest BCUT2D eigenvalue weighted by Crippen LogP contribution is -2.55. The summed E-state index contributed by atoms with van der Waals surface area (Å²) in [6, 6.07) is 0. The minimum atomic E-state index is 0.298. The summed E-state index contributed by atoms with van der Waals surface area (Å²) in [5.74, 6) is 1.75. The maximum atomic E-state index is 6.16. The van der Waals surface area contributed by atoms with Gasteiger partial charge in [0.05, 0.1) is 0 Å².